The van der Waals surface area contributed by atoms with Gasteiger partial charge in [0, 0.05) is 30.7 Å². The van der Waals surface area contributed by atoms with Crippen molar-refractivity contribution in [1.82, 2.24) is 9.88 Å². The van der Waals surface area contributed by atoms with Gasteiger partial charge in [-0.05, 0) is 74.7 Å². The highest BCUT2D eigenvalue weighted by atomic mass is 35.5. The largest absolute Gasteiger partial charge is 0.481 e. The van der Waals surface area contributed by atoms with Crippen LogP contribution in [0.5, 0.6) is 0 Å². The molecule has 0 amide bonds. The fraction of sp³-hybridized carbons (Fsp3) is 0.357. The number of hydrogen-bond acceptors (Lipinski definition) is 6. The molecule has 1 aliphatic rings. The van der Waals surface area contributed by atoms with Crippen LogP contribution in [0.1, 0.15) is 48.6 Å². The van der Waals surface area contributed by atoms with E-state index in [0.29, 0.717) is 11.4 Å². The predicted octanol–water partition coefficient (Wildman–Crippen LogP) is 3.76. The number of rotatable bonds is 9. The molecule has 10 nitrogen and oxygen atoms in total. The van der Waals surface area contributed by atoms with Gasteiger partial charge in [0.2, 0.25) is 0 Å². The first-order valence-corrected chi connectivity index (χ1v) is 14.2. The average molecular weight is 597 g/mol. The second-order valence-corrected chi connectivity index (χ2v) is 11.0. The van der Waals surface area contributed by atoms with Gasteiger partial charge in [0.05, 0.1) is 16.7 Å². The van der Waals surface area contributed by atoms with Crippen LogP contribution in [0.2, 0.25) is 5.02 Å². The van der Waals surface area contributed by atoms with Gasteiger partial charge >= 0.3 is 5.97 Å². The molecule has 0 radical (unpaired) electrons. The number of ether oxygens (including phenoxy) is 1. The first kappa shape index (κ1) is 35.1. The Balaban J connectivity index is 0.000000522. The van der Waals surface area contributed by atoms with Gasteiger partial charge in [-0.15, -0.1) is 0 Å². The van der Waals surface area contributed by atoms with E-state index in [1.165, 1.54) is 12.1 Å². The number of halogens is 1. The van der Waals surface area contributed by atoms with Crippen LogP contribution < -0.4 is 0 Å². The Morgan fingerprint density at radius 2 is 1.68 bits per heavy atom. The van der Waals surface area contributed by atoms with Crippen molar-refractivity contribution in [2.75, 3.05) is 19.6 Å². The Morgan fingerprint density at radius 1 is 1.05 bits per heavy atom. The molecule has 1 aromatic heterocycles. The topological polar surface area (TPSA) is 180 Å². The maximum Gasteiger partial charge on any atom is 0.303 e. The second kappa shape index (κ2) is 17.0. The highest BCUT2D eigenvalue weighted by Gasteiger charge is 2.25. The monoisotopic (exact) mass is 596 g/mol. The molecule has 3 aromatic rings. The number of aliphatic carboxylic acids is 1. The van der Waals surface area contributed by atoms with Crippen molar-refractivity contribution >= 4 is 27.7 Å². The molecule has 6 N–H and O–H groups in total. The van der Waals surface area contributed by atoms with E-state index in [1.807, 2.05) is 49.4 Å². The minimum absolute atomic E-state index is 0. The number of benzene rings is 2. The van der Waals surface area contributed by atoms with Gasteiger partial charge in [-0.25, -0.2) is 0 Å². The van der Waals surface area contributed by atoms with Crippen molar-refractivity contribution in [2.45, 2.75) is 49.7 Å². The highest BCUT2D eigenvalue weighted by Crippen LogP contribution is 2.29. The lowest BCUT2D eigenvalue weighted by molar-refractivity contribution is -0.137. The smallest absolute Gasteiger partial charge is 0.303 e. The Morgan fingerprint density at radius 3 is 2.20 bits per heavy atom. The van der Waals surface area contributed by atoms with Gasteiger partial charge < -0.3 is 25.7 Å². The van der Waals surface area contributed by atoms with Crippen LogP contribution in [-0.2, 0) is 19.6 Å². The summed E-state index contributed by atoms with van der Waals surface area (Å²) >= 11 is 6.03. The summed E-state index contributed by atoms with van der Waals surface area (Å²) in [7, 11) is -4.02. The Hall–Kier alpha value is -2.90. The minimum Gasteiger partial charge on any atom is -0.481 e. The van der Waals surface area contributed by atoms with E-state index in [4.69, 9.17) is 26.0 Å². The molecule has 0 bridgehead atoms. The SMILES string of the molecule is Cc1ccc(S(=O)(=O)O)cc1.O.O.O=C(O)CCCN1CCC(O[C@@H](c2ccc(Cl)cc2)c2ccccn2)CC1. The van der Waals surface area contributed by atoms with Crippen LogP contribution in [-0.4, -0.2) is 70.6 Å². The summed E-state index contributed by atoms with van der Waals surface area (Å²) in [5.74, 6) is -0.727. The minimum atomic E-state index is -4.02. The first-order chi connectivity index (χ1) is 18.1. The summed E-state index contributed by atoms with van der Waals surface area (Å²) < 4.78 is 36.0. The molecule has 220 valence electrons. The lowest BCUT2D eigenvalue weighted by Gasteiger charge is -2.34. The number of carboxylic acids is 1. The molecule has 40 heavy (non-hydrogen) atoms. The summed E-state index contributed by atoms with van der Waals surface area (Å²) in [4.78, 5) is 17.4. The zero-order chi connectivity index (χ0) is 27.5. The molecule has 0 unspecified atom stereocenters. The number of nitrogens with zero attached hydrogens (tertiary/aromatic N) is 2. The molecular weight excluding hydrogens is 560 g/mol. The van der Waals surface area contributed by atoms with Crippen LogP contribution in [0.25, 0.3) is 0 Å². The maximum absolute atomic E-state index is 10.7. The van der Waals surface area contributed by atoms with Crippen molar-refractivity contribution in [2.24, 2.45) is 0 Å². The van der Waals surface area contributed by atoms with Gasteiger partial charge in [-0.2, -0.15) is 8.42 Å². The number of aromatic nitrogens is 1. The molecule has 1 fully saturated rings. The Kier molecular flexibility index (Phi) is 15.0. The van der Waals surface area contributed by atoms with Crippen LogP contribution in [0.15, 0.2) is 77.8 Å². The van der Waals surface area contributed by atoms with Crippen LogP contribution >= 0.6 is 11.6 Å². The summed E-state index contributed by atoms with van der Waals surface area (Å²) in [6.45, 7) is 4.54. The lowest BCUT2D eigenvalue weighted by Crippen LogP contribution is -2.38. The van der Waals surface area contributed by atoms with E-state index < -0.39 is 16.1 Å². The lowest BCUT2D eigenvalue weighted by atomic mass is 10.0. The maximum atomic E-state index is 10.7. The first-order valence-electron chi connectivity index (χ1n) is 12.4. The number of carbonyl (C=O) groups is 1. The average Bonchev–Trinajstić information content (AvgIpc) is 2.89. The summed E-state index contributed by atoms with van der Waals surface area (Å²) in [5, 5.41) is 9.47. The van der Waals surface area contributed by atoms with Gasteiger partial charge in [0.15, 0.2) is 0 Å². The van der Waals surface area contributed by atoms with Crippen molar-refractivity contribution in [1.29, 1.82) is 0 Å². The highest BCUT2D eigenvalue weighted by molar-refractivity contribution is 7.85. The fourth-order valence-electron chi connectivity index (χ4n) is 4.11. The van der Waals surface area contributed by atoms with Crippen molar-refractivity contribution < 1.29 is 38.6 Å². The number of aryl methyl sites for hydroxylation is 1. The quantitative estimate of drug-likeness (QED) is 0.350. The summed E-state index contributed by atoms with van der Waals surface area (Å²) in [5.41, 5.74) is 2.89. The molecule has 1 atom stereocenters. The van der Waals surface area contributed by atoms with Gasteiger partial charge in [-0.1, -0.05) is 47.5 Å². The van der Waals surface area contributed by atoms with Crippen molar-refractivity contribution in [3.05, 3.63) is 94.8 Å². The third-order valence-electron chi connectivity index (χ3n) is 6.18. The summed E-state index contributed by atoms with van der Waals surface area (Å²) in [6, 6.07) is 19.6. The number of carboxylic acid groups (broad SMARTS) is 1. The van der Waals surface area contributed by atoms with E-state index in [1.54, 1.807) is 18.3 Å². The molecule has 1 aliphatic heterocycles. The van der Waals surface area contributed by atoms with Crippen LogP contribution in [0, 0.1) is 6.92 Å². The zero-order valence-electron chi connectivity index (χ0n) is 22.2. The van der Waals surface area contributed by atoms with Crippen LogP contribution in [0.4, 0.5) is 0 Å². The van der Waals surface area contributed by atoms with E-state index in [2.05, 4.69) is 9.88 Å². The zero-order valence-corrected chi connectivity index (χ0v) is 23.8. The van der Waals surface area contributed by atoms with Crippen molar-refractivity contribution in [3.63, 3.8) is 0 Å². The molecule has 2 aromatic carbocycles. The Labute approximate surface area is 240 Å². The molecule has 0 aliphatic carbocycles. The molecule has 0 spiro atoms. The Bertz CT molecular complexity index is 1250. The number of likely N-dealkylation sites (tertiary alicyclic amines) is 1. The van der Waals surface area contributed by atoms with E-state index >= 15 is 0 Å². The van der Waals surface area contributed by atoms with E-state index in [-0.39, 0.29) is 34.5 Å². The summed E-state index contributed by atoms with van der Waals surface area (Å²) in [6.07, 6.45) is 4.52. The van der Waals surface area contributed by atoms with Crippen molar-refractivity contribution in [3.8, 4) is 0 Å². The number of hydrogen-bond donors (Lipinski definition) is 2. The van der Waals surface area contributed by atoms with E-state index in [0.717, 1.165) is 49.3 Å². The predicted molar refractivity (Wildman–Crippen MR) is 153 cm³/mol. The van der Waals surface area contributed by atoms with Gasteiger partial charge in [0.1, 0.15) is 6.10 Å². The molecule has 12 heteroatoms. The fourth-order valence-corrected chi connectivity index (χ4v) is 4.72. The number of piperidine rings is 1. The molecule has 0 saturated carbocycles. The third kappa shape index (κ3) is 11.7. The molecule has 4 rings (SSSR count). The van der Waals surface area contributed by atoms with E-state index in [9.17, 15) is 13.2 Å². The number of pyridine rings is 1. The molecular formula is C28H37ClN2O8S. The third-order valence-corrected chi connectivity index (χ3v) is 7.30. The van der Waals surface area contributed by atoms with Crippen LogP contribution in [0.3, 0.4) is 0 Å². The molecule has 2 heterocycles. The van der Waals surface area contributed by atoms with Gasteiger partial charge in [-0.3, -0.25) is 14.3 Å². The van der Waals surface area contributed by atoms with Gasteiger partial charge in [0.25, 0.3) is 10.1 Å². The normalized spacial score (nSPS) is 14.6. The standard InChI is InChI=1S/C21H25ClN2O3.C7H8O3S.2H2O/c22-17-8-6-16(7-9-17)21(19-4-1-2-12-23-19)27-18-10-14-24(15-11-18)13-3-5-20(25)26;1-6-2-4-7(5-3-6)11(8,9)10;;/h1-2,4,6-9,12,18,21H,3,5,10-11,13-15H2,(H,25,26);2-5H,1H3,(H,8,9,10);2*1H2/t21-;;;/m0.../s1. The molecule has 1 saturated heterocycles. The second-order valence-electron chi connectivity index (χ2n) is 9.15.